The van der Waals surface area contributed by atoms with Gasteiger partial charge in [-0.1, -0.05) is 30.2 Å². The first kappa shape index (κ1) is 20.8. The third-order valence-corrected chi connectivity index (χ3v) is 7.85. The van der Waals surface area contributed by atoms with E-state index in [0.29, 0.717) is 10.7 Å². The predicted molar refractivity (Wildman–Crippen MR) is 112 cm³/mol. The topological polar surface area (TPSA) is 66.5 Å². The molecule has 0 spiro atoms. The van der Waals surface area contributed by atoms with Gasteiger partial charge in [0.05, 0.1) is 10.3 Å². The second-order valence-electron chi connectivity index (χ2n) is 7.54. The third-order valence-electron chi connectivity index (χ3n) is 5.55. The fourth-order valence-electron chi connectivity index (χ4n) is 3.35. The lowest BCUT2D eigenvalue weighted by Gasteiger charge is -2.40. The summed E-state index contributed by atoms with van der Waals surface area (Å²) in [6, 6.07) is 13.6. The normalized spacial score (nSPS) is 16.1. The van der Waals surface area contributed by atoms with Gasteiger partial charge in [-0.25, -0.2) is 8.42 Å². The van der Waals surface area contributed by atoms with E-state index >= 15 is 0 Å². The standard InChI is InChI=1S/C21H25ClN2O3S/c1-15(2)24(3)28(26,27)19-11-9-18(10-12-19)23-20(25)21(13-4-14-21)16-5-7-17(22)8-6-16/h5-12,15H,4,13-14H2,1-3H3,(H,23,25). The lowest BCUT2D eigenvalue weighted by Crippen LogP contribution is -2.46. The summed E-state index contributed by atoms with van der Waals surface area (Å²) in [7, 11) is -1.99. The Bertz CT molecular complexity index is 950. The zero-order valence-corrected chi connectivity index (χ0v) is 17.8. The van der Waals surface area contributed by atoms with Gasteiger partial charge in [-0.3, -0.25) is 4.79 Å². The molecule has 1 aliphatic rings. The average Bonchev–Trinajstić information content (AvgIpc) is 2.62. The van der Waals surface area contributed by atoms with Crippen molar-refractivity contribution < 1.29 is 13.2 Å². The minimum atomic E-state index is -3.54. The number of halogens is 1. The first-order valence-electron chi connectivity index (χ1n) is 9.32. The van der Waals surface area contributed by atoms with E-state index in [1.807, 2.05) is 26.0 Å². The largest absolute Gasteiger partial charge is 0.325 e. The number of carbonyl (C=O) groups is 1. The highest BCUT2D eigenvalue weighted by Crippen LogP contribution is 2.44. The molecule has 1 fully saturated rings. The molecule has 0 atom stereocenters. The van der Waals surface area contributed by atoms with Crippen LogP contribution in [-0.4, -0.2) is 31.7 Å². The molecule has 0 radical (unpaired) electrons. The second kappa shape index (κ2) is 7.85. The molecule has 0 heterocycles. The SMILES string of the molecule is CC(C)N(C)S(=O)(=O)c1ccc(NC(=O)C2(c3ccc(Cl)cc3)CCC2)cc1. The summed E-state index contributed by atoms with van der Waals surface area (Å²) < 4.78 is 26.4. The Hall–Kier alpha value is -1.89. The van der Waals surface area contributed by atoms with E-state index in [2.05, 4.69) is 5.32 Å². The van der Waals surface area contributed by atoms with E-state index in [0.717, 1.165) is 24.8 Å². The van der Waals surface area contributed by atoms with E-state index < -0.39 is 15.4 Å². The molecule has 0 bridgehead atoms. The molecule has 0 saturated heterocycles. The molecule has 28 heavy (non-hydrogen) atoms. The molecule has 0 unspecified atom stereocenters. The fourth-order valence-corrected chi connectivity index (χ4v) is 4.84. The molecule has 1 aliphatic carbocycles. The summed E-state index contributed by atoms with van der Waals surface area (Å²) >= 11 is 5.97. The predicted octanol–water partition coefficient (Wildman–Crippen LogP) is 4.43. The molecule has 1 N–H and O–H groups in total. The fraction of sp³-hybridized carbons (Fsp3) is 0.381. The van der Waals surface area contributed by atoms with Crippen LogP contribution in [0.4, 0.5) is 5.69 Å². The van der Waals surface area contributed by atoms with Gasteiger partial charge in [0.2, 0.25) is 15.9 Å². The number of sulfonamides is 1. The first-order valence-corrected chi connectivity index (χ1v) is 11.1. The van der Waals surface area contributed by atoms with Crippen LogP contribution in [0.2, 0.25) is 5.02 Å². The lowest BCUT2D eigenvalue weighted by molar-refractivity contribution is -0.124. The zero-order valence-electron chi connectivity index (χ0n) is 16.3. The number of nitrogens with zero attached hydrogens (tertiary/aromatic N) is 1. The highest BCUT2D eigenvalue weighted by Gasteiger charge is 2.45. The van der Waals surface area contributed by atoms with Crippen molar-refractivity contribution in [3.63, 3.8) is 0 Å². The number of rotatable bonds is 6. The maximum absolute atomic E-state index is 13.0. The molecule has 2 aromatic carbocycles. The summed E-state index contributed by atoms with van der Waals surface area (Å²) in [6.07, 6.45) is 2.56. The van der Waals surface area contributed by atoms with E-state index in [1.54, 1.807) is 31.3 Å². The van der Waals surface area contributed by atoms with E-state index in [4.69, 9.17) is 11.6 Å². The van der Waals surface area contributed by atoms with Crippen molar-refractivity contribution in [3.05, 3.63) is 59.1 Å². The number of hydrogen-bond acceptors (Lipinski definition) is 3. The van der Waals surface area contributed by atoms with Crippen molar-refractivity contribution in [1.29, 1.82) is 0 Å². The molecule has 1 amide bonds. The van der Waals surface area contributed by atoms with E-state index in [-0.39, 0.29) is 16.8 Å². The van der Waals surface area contributed by atoms with E-state index in [1.165, 1.54) is 16.4 Å². The first-order chi connectivity index (χ1) is 13.2. The summed E-state index contributed by atoms with van der Waals surface area (Å²) in [5.41, 5.74) is 0.988. The van der Waals surface area contributed by atoms with Crippen LogP contribution in [0.5, 0.6) is 0 Å². The number of hydrogen-bond donors (Lipinski definition) is 1. The minimum absolute atomic E-state index is 0.0732. The average molecular weight is 421 g/mol. The van der Waals surface area contributed by atoms with Gasteiger partial charge in [0.15, 0.2) is 0 Å². The Balaban J connectivity index is 1.78. The number of nitrogens with one attached hydrogen (secondary N) is 1. The monoisotopic (exact) mass is 420 g/mol. The van der Waals surface area contributed by atoms with Crippen LogP contribution in [0.3, 0.4) is 0 Å². The van der Waals surface area contributed by atoms with Crippen LogP contribution in [0.1, 0.15) is 38.7 Å². The number of benzene rings is 2. The van der Waals surface area contributed by atoms with Crippen LogP contribution in [-0.2, 0) is 20.2 Å². The van der Waals surface area contributed by atoms with Crippen LogP contribution in [0.25, 0.3) is 0 Å². The van der Waals surface area contributed by atoms with Gasteiger partial charge in [-0.2, -0.15) is 4.31 Å². The van der Waals surface area contributed by atoms with Gasteiger partial charge in [0.25, 0.3) is 0 Å². The second-order valence-corrected chi connectivity index (χ2v) is 9.97. The van der Waals surface area contributed by atoms with Gasteiger partial charge in [0, 0.05) is 23.8 Å². The molecular weight excluding hydrogens is 396 g/mol. The number of anilines is 1. The Labute approximate surface area is 171 Å². The molecule has 2 aromatic rings. The smallest absolute Gasteiger partial charge is 0.243 e. The van der Waals surface area contributed by atoms with Gasteiger partial charge >= 0.3 is 0 Å². The molecule has 1 saturated carbocycles. The quantitative estimate of drug-likeness (QED) is 0.751. The van der Waals surface area contributed by atoms with Gasteiger partial charge < -0.3 is 5.32 Å². The van der Waals surface area contributed by atoms with Crippen molar-refractivity contribution in [2.45, 2.75) is 49.5 Å². The summed E-state index contributed by atoms with van der Waals surface area (Å²) in [5, 5.41) is 3.59. The van der Waals surface area contributed by atoms with Crippen LogP contribution in [0, 0.1) is 0 Å². The Morgan fingerprint density at radius 3 is 2.11 bits per heavy atom. The van der Waals surface area contributed by atoms with Crippen LogP contribution >= 0.6 is 11.6 Å². The highest BCUT2D eigenvalue weighted by atomic mass is 35.5. The lowest BCUT2D eigenvalue weighted by atomic mass is 9.64. The van der Waals surface area contributed by atoms with Gasteiger partial charge in [-0.15, -0.1) is 0 Å². The highest BCUT2D eigenvalue weighted by molar-refractivity contribution is 7.89. The Morgan fingerprint density at radius 2 is 1.64 bits per heavy atom. The van der Waals surface area contributed by atoms with Gasteiger partial charge in [-0.05, 0) is 68.7 Å². The molecular formula is C21H25ClN2O3S. The summed E-state index contributed by atoms with van der Waals surface area (Å²) in [5.74, 6) is -0.0732. The van der Waals surface area contributed by atoms with Crippen molar-refractivity contribution in [2.24, 2.45) is 0 Å². The maximum atomic E-state index is 13.0. The summed E-state index contributed by atoms with van der Waals surface area (Å²) in [6.45, 7) is 3.64. The molecule has 3 rings (SSSR count). The zero-order chi connectivity index (χ0) is 20.5. The molecule has 5 nitrogen and oxygen atoms in total. The van der Waals surface area contributed by atoms with Crippen molar-refractivity contribution in [2.75, 3.05) is 12.4 Å². The molecule has 0 aliphatic heterocycles. The molecule has 150 valence electrons. The van der Waals surface area contributed by atoms with Crippen molar-refractivity contribution >= 4 is 33.2 Å². The van der Waals surface area contributed by atoms with Crippen molar-refractivity contribution in [1.82, 2.24) is 4.31 Å². The molecule has 7 heteroatoms. The number of amides is 1. The summed E-state index contributed by atoms with van der Waals surface area (Å²) in [4.78, 5) is 13.2. The Morgan fingerprint density at radius 1 is 1.07 bits per heavy atom. The van der Waals surface area contributed by atoms with Crippen molar-refractivity contribution in [3.8, 4) is 0 Å². The van der Waals surface area contributed by atoms with Crippen LogP contribution < -0.4 is 5.32 Å². The molecule has 0 aromatic heterocycles. The van der Waals surface area contributed by atoms with E-state index in [9.17, 15) is 13.2 Å². The maximum Gasteiger partial charge on any atom is 0.243 e. The minimum Gasteiger partial charge on any atom is -0.325 e. The number of carbonyl (C=O) groups excluding carboxylic acids is 1. The third kappa shape index (κ3) is 3.81. The van der Waals surface area contributed by atoms with Crippen LogP contribution in [0.15, 0.2) is 53.4 Å². The Kier molecular flexibility index (Phi) is 5.84. The van der Waals surface area contributed by atoms with Gasteiger partial charge in [0.1, 0.15) is 0 Å².